The van der Waals surface area contributed by atoms with Gasteiger partial charge in [0.15, 0.2) is 0 Å². The minimum absolute atomic E-state index is 0.147. The van der Waals surface area contributed by atoms with Crippen LogP contribution in [-0.2, 0) is 10.2 Å². The van der Waals surface area contributed by atoms with E-state index in [0.717, 1.165) is 44.1 Å². The summed E-state index contributed by atoms with van der Waals surface area (Å²) in [5.74, 6) is 0.390. The molecule has 0 saturated heterocycles. The zero-order valence-electron chi connectivity index (χ0n) is 11.8. The van der Waals surface area contributed by atoms with E-state index >= 15 is 0 Å². The molecule has 0 bridgehead atoms. The fraction of sp³-hybridized carbons (Fsp3) is 0.588. The van der Waals surface area contributed by atoms with Crippen molar-refractivity contribution in [3.63, 3.8) is 0 Å². The summed E-state index contributed by atoms with van der Waals surface area (Å²) in [6.45, 7) is 0.620. The van der Waals surface area contributed by atoms with Crippen LogP contribution >= 0.6 is 0 Å². The maximum Gasteiger partial charge on any atom is 0.230 e. The zero-order chi connectivity index (χ0) is 14.0. The first-order valence-electron chi connectivity index (χ1n) is 7.74. The quantitative estimate of drug-likeness (QED) is 0.885. The van der Waals surface area contributed by atoms with Gasteiger partial charge in [0, 0.05) is 12.5 Å². The zero-order valence-corrected chi connectivity index (χ0v) is 11.8. The third-order valence-corrected chi connectivity index (χ3v) is 5.11. The molecule has 20 heavy (non-hydrogen) atoms. The molecular weight excluding hydrogens is 250 g/mol. The van der Waals surface area contributed by atoms with Crippen LogP contribution in [-0.4, -0.2) is 23.7 Å². The predicted octanol–water partition coefficient (Wildman–Crippen LogP) is 2.39. The first-order valence-corrected chi connectivity index (χ1v) is 7.74. The van der Waals surface area contributed by atoms with Gasteiger partial charge in [-0.2, -0.15) is 0 Å². The predicted molar refractivity (Wildman–Crippen MR) is 78.3 cm³/mol. The Morgan fingerprint density at radius 2 is 1.95 bits per heavy atom. The average molecular weight is 273 g/mol. The Morgan fingerprint density at radius 1 is 1.20 bits per heavy atom. The summed E-state index contributed by atoms with van der Waals surface area (Å²) in [6, 6.07) is 10.1. The van der Waals surface area contributed by atoms with Gasteiger partial charge in [0.25, 0.3) is 0 Å². The van der Waals surface area contributed by atoms with Gasteiger partial charge in [-0.05, 0) is 31.2 Å². The first-order chi connectivity index (χ1) is 9.72. The lowest BCUT2D eigenvalue weighted by Crippen LogP contribution is -2.50. The van der Waals surface area contributed by atoms with E-state index in [0.29, 0.717) is 6.54 Å². The maximum absolute atomic E-state index is 12.6. The smallest absolute Gasteiger partial charge is 0.230 e. The molecule has 0 radical (unpaired) electrons. The molecule has 1 amide bonds. The number of hydrogen-bond donors (Lipinski definition) is 2. The van der Waals surface area contributed by atoms with Crippen molar-refractivity contribution in [2.45, 2.75) is 50.0 Å². The number of aliphatic hydroxyl groups excluding tert-OH is 1. The van der Waals surface area contributed by atoms with Gasteiger partial charge in [-0.25, -0.2) is 0 Å². The molecular formula is C17H23NO2. The van der Waals surface area contributed by atoms with Crippen LogP contribution in [0.3, 0.4) is 0 Å². The molecule has 2 aliphatic rings. The van der Waals surface area contributed by atoms with Crippen molar-refractivity contribution in [1.29, 1.82) is 0 Å². The van der Waals surface area contributed by atoms with Gasteiger partial charge in [0.2, 0.25) is 5.91 Å². The van der Waals surface area contributed by atoms with Crippen molar-refractivity contribution in [3.05, 3.63) is 35.9 Å². The molecule has 0 aromatic heterocycles. The van der Waals surface area contributed by atoms with E-state index in [1.807, 2.05) is 18.2 Å². The molecule has 0 spiro atoms. The van der Waals surface area contributed by atoms with E-state index in [1.54, 1.807) is 0 Å². The van der Waals surface area contributed by atoms with Crippen LogP contribution in [0.25, 0.3) is 0 Å². The number of nitrogens with one attached hydrogen (secondary N) is 1. The Hall–Kier alpha value is -1.35. The van der Waals surface area contributed by atoms with Gasteiger partial charge in [0.05, 0.1) is 11.5 Å². The van der Waals surface area contributed by atoms with Crippen LogP contribution < -0.4 is 5.32 Å². The van der Waals surface area contributed by atoms with E-state index in [2.05, 4.69) is 17.4 Å². The molecule has 1 aromatic rings. The van der Waals surface area contributed by atoms with Crippen molar-refractivity contribution >= 4 is 5.91 Å². The second-order valence-corrected chi connectivity index (χ2v) is 6.27. The summed E-state index contributed by atoms with van der Waals surface area (Å²) < 4.78 is 0. The molecule has 0 aliphatic heterocycles. The van der Waals surface area contributed by atoms with Crippen molar-refractivity contribution in [2.75, 3.05) is 6.54 Å². The SMILES string of the molecule is O=C(NCC1CCCC1O)C1(c2ccccc2)CCC1. The normalized spacial score (nSPS) is 27.9. The molecule has 3 heteroatoms. The molecule has 2 saturated carbocycles. The van der Waals surface area contributed by atoms with Crippen molar-refractivity contribution in [1.82, 2.24) is 5.32 Å². The second kappa shape index (κ2) is 5.57. The Balaban J connectivity index is 1.66. The monoisotopic (exact) mass is 273 g/mol. The molecule has 108 valence electrons. The highest BCUT2D eigenvalue weighted by atomic mass is 16.3. The topological polar surface area (TPSA) is 49.3 Å². The molecule has 1 aromatic carbocycles. The molecule has 2 fully saturated rings. The van der Waals surface area contributed by atoms with Crippen molar-refractivity contribution in [2.24, 2.45) is 5.92 Å². The van der Waals surface area contributed by atoms with E-state index in [9.17, 15) is 9.90 Å². The number of carbonyl (C=O) groups excluding carboxylic acids is 1. The van der Waals surface area contributed by atoms with Crippen LogP contribution in [0.4, 0.5) is 0 Å². The summed E-state index contributed by atoms with van der Waals surface area (Å²) in [6.07, 6.45) is 5.75. The highest BCUT2D eigenvalue weighted by molar-refractivity contribution is 5.89. The van der Waals surface area contributed by atoms with Crippen LogP contribution in [0.2, 0.25) is 0 Å². The van der Waals surface area contributed by atoms with Crippen LogP contribution in [0.15, 0.2) is 30.3 Å². The average Bonchev–Trinajstić information content (AvgIpc) is 2.82. The highest BCUT2D eigenvalue weighted by Gasteiger charge is 2.45. The van der Waals surface area contributed by atoms with Gasteiger partial charge < -0.3 is 10.4 Å². The number of carbonyl (C=O) groups is 1. The van der Waals surface area contributed by atoms with Crippen molar-refractivity contribution < 1.29 is 9.90 Å². The summed E-state index contributed by atoms with van der Waals surface area (Å²) >= 11 is 0. The fourth-order valence-electron chi connectivity index (χ4n) is 3.58. The second-order valence-electron chi connectivity index (χ2n) is 6.27. The number of aliphatic hydroxyl groups is 1. The molecule has 3 rings (SSSR count). The number of rotatable bonds is 4. The minimum Gasteiger partial charge on any atom is -0.393 e. The summed E-state index contributed by atoms with van der Waals surface area (Å²) in [7, 11) is 0. The molecule has 2 N–H and O–H groups in total. The molecule has 3 nitrogen and oxygen atoms in total. The van der Waals surface area contributed by atoms with E-state index in [1.165, 1.54) is 0 Å². The van der Waals surface area contributed by atoms with Crippen LogP contribution in [0, 0.1) is 5.92 Å². The Labute approximate surface area is 120 Å². The standard InChI is InChI=1S/C17H23NO2/c19-15-9-4-6-13(15)12-18-16(20)17(10-5-11-17)14-7-2-1-3-8-14/h1-3,7-8,13,15,19H,4-6,9-12H2,(H,18,20). The number of amides is 1. The summed E-state index contributed by atoms with van der Waals surface area (Å²) in [4.78, 5) is 12.6. The lowest BCUT2D eigenvalue weighted by atomic mass is 9.64. The van der Waals surface area contributed by atoms with E-state index in [-0.39, 0.29) is 23.3 Å². The highest BCUT2D eigenvalue weighted by Crippen LogP contribution is 2.44. The molecule has 2 atom stereocenters. The van der Waals surface area contributed by atoms with Gasteiger partial charge in [-0.3, -0.25) is 4.79 Å². The van der Waals surface area contributed by atoms with Crippen LogP contribution in [0.5, 0.6) is 0 Å². The Morgan fingerprint density at radius 3 is 2.50 bits per heavy atom. The van der Waals surface area contributed by atoms with Gasteiger partial charge >= 0.3 is 0 Å². The van der Waals surface area contributed by atoms with Gasteiger partial charge in [-0.1, -0.05) is 43.2 Å². The van der Waals surface area contributed by atoms with Crippen LogP contribution in [0.1, 0.15) is 44.1 Å². The summed E-state index contributed by atoms with van der Waals surface area (Å²) in [5.41, 5.74) is 0.820. The molecule has 2 aliphatic carbocycles. The lowest BCUT2D eigenvalue weighted by molar-refractivity contribution is -0.130. The lowest BCUT2D eigenvalue weighted by Gasteiger charge is -2.41. The maximum atomic E-state index is 12.6. The third kappa shape index (κ3) is 2.35. The number of benzene rings is 1. The summed E-state index contributed by atoms with van der Waals surface area (Å²) in [5, 5.41) is 12.9. The van der Waals surface area contributed by atoms with E-state index < -0.39 is 0 Å². The van der Waals surface area contributed by atoms with E-state index in [4.69, 9.17) is 0 Å². The number of hydrogen-bond acceptors (Lipinski definition) is 2. The van der Waals surface area contributed by atoms with Gasteiger partial charge in [-0.15, -0.1) is 0 Å². The molecule has 2 unspecified atom stereocenters. The van der Waals surface area contributed by atoms with Gasteiger partial charge in [0.1, 0.15) is 0 Å². The van der Waals surface area contributed by atoms with Crippen molar-refractivity contribution in [3.8, 4) is 0 Å². The largest absolute Gasteiger partial charge is 0.393 e. The fourth-order valence-corrected chi connectivity index (χ4v) is 3.58. The minimum atomic E-state index is -0.315. The third-order valence-electron chi connectivity index (χ3n) is 5.11. The molecule has 0 heterocycles. The first kappa shape index (κ1) is 13.6. The Kier molecular flexibility index (Phi) is 3.79. The Bertz CT molecular complexity index is 467.